The highest BCUT2D eigenvalue weighted by molar-refractivity contribution is 6.52. The molecule has 0 aromatic heterocycles. The van der Waals surface area contributed by atoms with Crippen molar-refractivity contribution in [2.45, 2.75) is 59.4 Å². The third-order valence-electron chi connectivity index (χ3n) is 1.65. The van der Waals surface area contributed by atoms with Crippen LogP contribution in [0.1, 0.15) is 41.5 Å². The zero-order valence-electron chi connectivity index (χ0n) is 11.1. The van der Waals surface area contributed by atoms with Gasteiger partial charge in [0.25, 0.3) is 0 Å². The fourth-order valence-corrected chi connectivity index (χ4v) is 3.14. The lowest BCUT2D eigenvalue weighted by molar-refractivity contribution is -0.0716. The highest BCUT2D eigenvalue weighted by Crippen LogP contribution is 2.21. The average Bonchev–Trinajstić information content (AvgIpc) is 1.98. The Hall–Kier alpha value is -0.203. The van der Waals surface area contributed by atoms with E-state index in [1.54, 1.807) is 19.9 Å². The van der Waals surface area contributed by atoms with E-state index in [9.17, 15) is 4.80 Å². The van der Waals surface area contributed by atoms with Gasteiger partial charge in [-0.3, -0.25) is 0 Å². The van der Waals surface area contributed by atoms with Crippen molar-refractivity contribution in [3.8, 4) is 0 Å². The largest absolute Gasteiger partial charge is 0.678 e. The summed E-state index contributed by atoms with van der Waals surface area (Å²) in [6.07, 6.45) is 1.30. The minimum absolute atomic E-state index is 0.156. The Morgan fingerprint density at radius 3 is 1.75 bits per heavy atom. The molecule has 0 atom stereocenters. The summed E-state index contributed by atoms with van der Waals surface area (Å²) in [5.41, 5.74) is -0.676. The van der Waals surface area contributed by atoms with Gasteiger partial charge in [-0.1, -0.05) is 6.08 Å². The van der Waals surface area contributed by atoms with Crippen LogP contribution >= 0.6 is 0 Å². The van der Waals surface area contributed by atoms with E-state index < -0.39 is 14.6 Å². The predicted octanol–water partition coefficient (Wildman–Crippen LogP) is 2.25. The Kier molecular flexibility index (Phi) is 5.85. The Morgan fingerprint density at radius 2 is 1.50 bits per heavy atom. The second kappa shape index (κ2) is 5.93. The third kappa shape index (κ3) is 6.39. The number of hydrogen-bond donors (Lipinski definition) is 1. The van der Waals surface area contributed by atoms with Crippen molar-refractivity contribution in [1.29, 1.82) is 0 Å². The molecule has 0 aromatic rings. The van der Waals surface area contributed by atoms with Gasteiger partial charge in [0.2, 0.25) is 0 Å². The summed E-state index contributed by atoms with van der Waals surface area (Å²) >= 11 is 0. The lowest BCUT2D eigenvalue weighted by Gasteiger charge is -2.33. The molecule has 0 aliphatic heterocycles. The summed E-state index contributed by atoms with van der Waals surface area (Å²) in [5.74, 6) is 0. The first-order valence-corrected chi connectivity index (χ1v) is 7.19. The molecule has 0 saturated heterocycles. The van der Waals surface area contributed by atoms with Gasteiger partial charge in [-0.05, 0) is 41.5 Å². The van der Waals surface area contributed by atoms with Gasteiger partial charge in [0, 0.05) is 12.2 Å². The van der Waals surface area contributed by atoms with E-state index in [4.69, 9.17) is 13.3 Å². The van der Waals surface area contributed by atoms with Crippen molar-refractivity contribution in [2.24, 2.45) is 0 Å². The average molecular weight is 248 g/mol. The van der Waals surface area contributed by atoms with Crippen molar-refractivity contribution in [3.63, 3.8) is 0 Å². The quantitative estimate of drug-likeness (QED) is 0.554. The maximum atomic E-state index is 10.2. The molecule has 0 radical (unpaired) electrons. The van der Waals surface area contributed by atoms with Crippen LogP contribution in [0, 0.1) is 0 Å². The summed E-state index contributed by atoms with van der Waals surface area (Å²) in [5, 5.41) is 0. The van der Waals surface area contributed by atoms with Crippen LogP contribution in [0.5, 0.6) is 0 Å². The predicted molar refractivity (Wildman–Crippen MR) is 65.8 cm³/mol. The molecule has 16 heavy (non-hydrogen) atoms. The third-order valence-corrected chi connectivity index (χ3v) is 3.98. The highest BCUT2D eigenvalue weighted by Gasteiger charge is 2.47. The smallest absolute Gasteiger partial charge is 0.367 e. The van der Waals surface area contributed by atoms with Crippen LogP contribution in [0.3, 0.4) is 0 Å². The summed E-state index contributed by atoms with van der Waals surface area (Å²) < 4.78 is 16.3. The standard InChI is InChI=1S/C11H24O4Si/c1-8-11(6,7)15-16(12,13-9(2)3)14-10(4)5/h8-10,12H,1H2,2-7H3. The SMILES string of the molecule is C=CC(C)(C)O[Si](O)(OC(C)C)OC(C)C. The molecule has 96 valence electrons. The molecular formula is C11H24O4Si. The van der Waals surface area contributed by atoms with Crippen LogP contribution < -0.4 is 0 Å². The van der Waals surface area contributed by atoms with Gasteiger partial charge in [-0.25, -0.2) is 0 Å². The van der Waals surface area contributed by atoms with Crippen LogP contribution in [0.15, 0.2) is 12.7 Å². The zero-order chi connectivity index (χ0) is 13.0. The Balaban J connectivity index is 4.71. The van der Waals surface area contributed by atoms with Gasteiger partial charge < -0.3 is 18.1 Å². The minimum Gasteiger partial charge on any atom is -0.367 e. The molecule has 1 N–H and O–H groups in total. The molecule has 0 aliphatic rings. The first kappa shape index (κ1) is 15.8. The molecule has 0 rings (SSSR count). The fraction of sp³-hybridized carbons (Fsp3) is 0.818. The zero-order valence-corrected chi connectivity index (χ0v) is 12.1. The van der Waals surface area contributed by atoms with Gasteiger partial charge in [0.05, 0.1) is 5.60 Å². The summed E-state index contributed by atoms with van der Waals surface area (Å²) in [4.78, 5) is 10.2. The van der Waals surface area contributed by atoms with Gasteiger partial charge >= 0.3 is 9.05 Å². The molecular weight excluding hydrogens is 224 g/mol. The van der Waals surface area contributed by atoms with E-state index in [-0.39, 0.29) is 12.2 Å². The molecule has 5 heteroatoms. The molecule has 0 spiro atoms. The van der Waals surface area contributed by atoms with Crippen LogP contribution in [0.4, 0.5) is 0 Å². The summed E-state index contributed by atoms with van der Waals surface area (Å²) in [6.45, 7) is 14.5. The second-order valence-corrected chi connectivity index (χ2v) is 6.49. The van der Waals surface area contributed by atoms with Crippen molar-refractivity contribution in [1.82, 2.24) is 0 Å². The molecule has 4 nitrogen and oxygen atoms in total. The lowest BCUT2D eigenvalue weighted by Crippen LogP contribution is -2.53. The van der Waals surface area contributed by atoms with E-state index in [2.05, 4.69) is 6.58 Å². The van der Waals surface area contributed by atoms with E-state index in [1.807, 2.05) is 27.7 Å². The minimum atomic E-state index is -3.60. The molecule has 0 heterocycles. The Morgan fingerprint density at radius 1 is 1.12 bits per heavy atom. The molecule has 0 aromatic carbocycles. The van der Waals surface area contributed by atoms with Gasteiger partial charge in [-0.2, -0.15) is 0 Å². The summed E-state index contributed by atoms with van der Waals surface area (Å²) in [6, 6.07) is 0. The van der Waals surface area contributed by atoms with Crippen LogP contribution in [0.2, 0.25) is 0 Å². The van der Waals surface area contributed by atoms with Crippen molar-refractivity contribution >= 4 is 9.05 Å². The Labute approximate surface area is 99.7 Å². The molecule has 0 fully saturated rings. The number of rotatable bonds is 7. The molecule has 0 amide bonds. The Bertz CT molecular complexity index is 216. The van der Waals surface area contributed by atoms with E-state index in [1.165, 1.54) is 0 Å². The first-order valence-electron chi connectivity index (χ1n) is 5.52. The van der Waals surface area contributed by atoms with E-state index in [0.717, 1.165) is 0 Å². The topological polar surface area (TPSA) is 47.9 Å². The van der Waals surface area contributed by atoms with E-state index >= 15 is 0 Å². The van der Waals surface area contributed by atoms with Gasteiger partial charge in [0.1, 0.15) is 0 Å². The van der Waals surface area contributed by atoms with Crippen LogP contribution in [0.25, 0.3) is 0 Å². The van der Waals surface area contributed by atoms with Crippen LogP contribution in [-0.4, -0.2) is 31.7 Å². The normalized spacial score (nSPS) is 13.6. The maximum Gasteiger partial charge on any atom is 0.678 e. The molecule has 0 saturated carbocycles. The van der Waals surface area contributed by atoms with Crippen molar-refractivity contribution in [2.75, 3.05) is 0 Å². The second-order valence-electron chi connectivity index (χ2n) is 4.77. The molecule has 0 unspecified atom stereocenters. The monoisotopic (exact) mass is 248 g/mol. The van der Waals surface area contributed by atoms with Gasteiger partial charge in [0.15, 0.2) is 0 Å². The van der Waals surface area contributed by atoms with Crippen LogP contribution in [-0.2, 0) is 13.3 Å². The summed E-state index contributed by atoms with van der Waals surface area (Å²) in [7, 11) is -3.60. The lowest BCUT2D eigenvalue weighted by atomic mass is 10.1. The van der Waals surface area contributed by atoms with E-state index in [0.29, 0.717) is 0 Å². The first-order chi connectivity index (χ1) is 7.10. The fourth-order valence-electron chi connectivity index (χ4n) is 1.05. The molecule has 0 aliphatic carbocycles. The number of hydrogen-bond acceptors (Lipinski definition) is 4. The van der Waals surface area contributed by atoms with Crippen molar-refractivity contribution in [3.05, 3.63) is 12.7 Å². The van der Waals surface area contributed by atoms with Crippen molar-refractivity contribution < 1.29 is 18.1 Å². The maximum absolute atomic E-state index is 10.2. The van der Waals surface area contributed by atoms with Gasteiger partial charge in [-0.15, -0.1) is 6.58 Å². The highest BCUT2D eigenvalue weighted by atomic mass is 28.4. The molecule has 0 bridgehead atoms.